The van der Waals surface area contributed by atoms with E-state index in [1.807, 2.05) is 18.4 Å². The van der Waals surface area contributed by atoms with Gasteiger partial charge in [0, 0.05) is 19.0 Å². The van der Waals surface area contributed by atoms with Crippen LogP contribution in [0, 0.1) is 0 Å². The number of rotatable bonds is 6. The zero-order valence-corrected chi connectivity index (χ0v) is 11.1. The molecule has 0 aliphatic heterocycles. The molecule has 0 N–H and O–H groups in total. The van der Waals surface area contributed by atoms with Crippen molar-refractivity contribution in [2.24, 2.45) is 0 Å². The fourth-order valence-electron chi connectivity index (χ4n) is 1.44. The first-order chi connectivity index (χ1) is 7.74. The Bertz CT molecular complexity index is 334. The largest absolute Gasteiger partial charge is 0.495 e. The third-order valence-corrected chi connectivity index (χ3v) is 3.23. The molecule has 0 radical (unpaired) electrons. The van der Waals surface area contributed by atoms with Crippen molar-refractivity contribution in [3.8, 4) is 5.75 Å². The lowest BCUT2D eigenvalue weighted by Crippen LogP contribution is -2.33. The van der Waals surface area contributed by atoms with E-state index in [0.717, 1.165) is 13.0 Å². The summed E-state index contributed by atoms with van der Waals surface area (Å²) in [6, 6.07) is 1.81. The highest BCUT2D eigenvalue weighted by Gasteiger charge is 2.19. The summed E-state index contributed by atoms with van der Waals surface area (Å²) in [5, 5.41) is 1.86. The molecule has 1 rings (SSSR count). The maximum Gasteiger partial charge on any atom is 0.267 e. The molecule has 0 aliphatic carbocycles. The van der Waals surface area contributed by atoms with Gasteiger partial charge in [-0.15, -0.1) is 22.9 Å². The number of hydrogen-bond donors (Lipinski definition) is 0. The fraction of sp³-hybridized carbons (Fsp3) is 0.545. The number of ether oxygens (including phenoxy) is 1. The Labute approximate surface area is 105 Å². The first kappa shape index (κ1) is 13.3. The fourth-order valence-corrected chi connectivity index (χ4v) is 2.47. The van der Waals surface area contributed by atoms with E-state index in [-0.39, 0.29) is 5.91 Å². The molecule has 0 atom stereocenters. The maximum absolute atomic E-state index is 12.2. The van der Waals surface area contributed by atoms with E-state index in [2.05, 4.69) is 0 Å². The Balaban J connectivity index is 2.81. The van der Waals surface area contributed by atoms with Crippen LogP contribution in [0.4, 0.5) is 0 Å². The van der Waals surface area contributed by atoms with Crippen molar-refractivity contribution in [3.63, 3.8) is 0 Å². The van der Waals surface area contributed by atoms with E-state index >= 15 is 0 Å². The summed E-state index contributed by atoms with van der Waals surface area (Å²) in [4.78, 5) is 14.6. The van der Waals surface area contributed by atoms with Gasteiger partial charge in [0.1, 0.15) is 10.6 Å². The second kappa shape index (κ2) is 6.76. The number of amides is 1. The smallest absolute Gasteiger partial charge is 0.267 e. The van der Waals surface area contributed by atoms with Gasteiger partial charge >= 0.3 is 0 Å². The van der Waals surface area contributed by atoms with E-state index in [4.69, 9.17) is 16.3 Å². The standard InChI is InChI=1S/C11H16ClNO2S/c1-3-6-13(7-5-12)11(14)10-9(15-2)4-8-16-10/h4,8H,3,5-7H2,1-2H3. The molecule has 3 nitrogen and oxygen atoms in total. The molecule has 1 aromatic heterocycles. The molecule has 90 valence electrons. The number of halogens is 1. The molecule has 1 aromatic rings. The van der Waals surface area contributed by atoms with Crippen LogP contribution in [-0.2, 0) is 0 Å². The van der Waals surface area contributed by atoms with Crippen LogP contribution in [0.5, 0.6) is 5.75 Å². The van der Waals surface area contributed by atoms with Crippen molar-refractivity contribution >= 4 is 28.8 Å². The summed E-state index contributed by atoms with van der Waals surface area (Å²) in [5.74, 6) is 1.11. The van der Waals surface area contributed by atoms with Crippen molar-refractivity contribution < 1.29 is 9.53 Å². The van der Waals surface area contributed by atoms with Crippen molar-refractivity contribution in [1.29, 1.82) is 0 Å². The van der Waals surface area contributed by atoms with Crippen LogP contribution >= 0.6 is 22.9 Å². The molecule has 0 spiro atoms. The molecule has 0 unspecified atom stereocenters. The topological polar surface area (TPSA) is 29.5 Å². The molecule has 1 heterocycles. The lowest BCUT2D eigenvalue weighted by molar-refractivity contribution is 0.0767. The van der Waals surface area contributed by atoms with Crippen molar-refractivity contribution in [2.75, 3.05) is 26.1 Å². The zero-order valence-electron chi connectivity index (χ0n) is 9.53. The molecule has 0 fully saturated rings. The van der Waals surface area contributed by atoms with Gasteiger partial charge in [-0.2, -0.15) is 0 Å². The number of hydrogen-bond acceptors (Lipinski definition) is 3. The van der Waals surface area contributed by atoms with Crippen LogP contribution < -0.4 is 4.74 Å². The lowest BCUT2D eigenvalue weighted by Gasteiger charge is -2.20. The monoisotopic (exact) mass is 261 g/mol. The molecular weight excluding hydrogens is 246 g/mol. The van der Waals surface area contributed by atoms with Gasteiger partial charge in [-0.05, 0) is 17.9 Å². The van der Waals surface area contributed by atoms with Crippen molar-refractivity contribution in [3.05, 3.63) is 16.3 Å². The number of carbonyl (C=O) groups is 1. The van der Waals surface area contributed by atoms with Gasteiger partial charge in [0.05, 0.1) is 7.11 Å². The Morgan fingerprint density at radius 1 is 1.56 bits per heavy atom. The van der Waals surface area contributed by atoms with E-state index < -0.39 is 0 Å². The minimum atomic E-state index is 0.00866. The Hall–Kier alpha value is -0.740. The number of nitrogens with zero attached hydrogens (tertiary/aromatic N) is 1. The first-order valence-corrected chi connectivity index (χ1v) is 6.62. The molecule has 0 aromatic carbocycles. The maximum atomic E-state index is 12.2. The molecule has 0 saturated carbocycles. The molecule has 1 amide bonds. The molecule has 5 heteroatoms. The van der Waals surface area contributed by atoms with Gasteiger partial charge in [0.2, 0.25) is 0 Å². The highest BCUT2D eigenvalue weighted by Crippen LogP contribution is 2.25. The Morgan fingerprint density at radius 3 is 2.88 bits per heavy atom. The average molecular weight is 262 g/mol. The van der Waals surface area contributed by atoms with Crippen LogP contribution in [0.2, 0.25) is 0 Å². The van der Waals surface area contributed by atoms with Crippen LogP contribution in [0.3, 0.4) is 0 Å². The molecule has 0 saturated heterocycles. The van der Waals surface area contributed by atoms with Crippen LogP contribution in [0.15, 0.2) is 11.4 Å². The van der Waals surface area contributed by atoms with Gasteiger partial charge in [0.15, 0.2) is 0 Å². The van der Waals surface area contributed by atoms with Crippen LogP contribution in [-0.4, -0.2) is 36.9 Å². The summed E-state index contributed by atoms with van der Waals surface area (Å²) < 4.78 is 5.14. The summed E-state index contributed by atoms with van der Waals surface area (Å²) >= 11 is 7.09. The third kappa shape index (κ3) is 3.12. The molecular formula is C11H16ClNO2S. The molecule has 0 bridgehead atoms. The lowest BCUT2D eigenvalue weighted by atomic mass is 10.3. The average Bonchev–Trinajstić information content (AvgIpc) is 2.75. The van der Waals surface area contributed by atoms with E-state index in [1.54, 1.807) is 12.0 Å². The third-order valence-electron chi connectivity index (χ3n) is 2.18. The van der Waals surface area contributed by atoms with Crippen molar-refractivity contribution in [1.82, 2.24) is 4.90 Å². The second-order valence-electron chi connectivity index (χ2n) is 3.30. The van der Waals surface area contributed by atoms with E-state index in [0.29, 0.717) is 23.1 Å². The summed E-state index contributed by atoms with van der Waals surface area (Å²) in [7, 11) is 1.57. The molecule has 0 aliphatic rings. The van der Waals surface area contributed by atoms with Gasteiger partial charge < -0.3 is 9.64 Å². The first-order valence-electron chi connectivity index (χ1n) is 5.21. The number of thiophene rings is 1. The van der Waals surface area contributed by atoms with E-state index in [1.165, 1.54) is 11.3 Å². The predicted octanol–water partition coefficient (Wildman–Crippen LogP) is 2.85. The summed E-state index contributed by atoms with van der Waals surface area (Å²) in [6.07, 6.45) is 0.927. The van der Waals surface area contributed by atoms with Gasteiger partial charge in [-0.25, -0.2) is 0 Å². The predicted molar refractivity (Wildman–Crippen MR) is 67.8 cm³/mol. The number of methoxy groups -OCH3 is 1. The minimum absolute atomic E-state index is 0.00866. The number of alkyl halides is 1. The van der Waals surface area contributed by atoms with Crippen molar-refractivity contribution in [2.45, 2.75) is 13.3 Å². The quantitative estimate of drug-likeness (QED) is 0.737. The Kier molecular flexibility index (Phi) is 5.63. The highest BCUT2D eigenvalue weighted by molar-refractivity contribution is 7.12. The van der Waals surface area contributed by atoms with Gasteiger partial charge in [0.25, 0.3) is 5.91 Å². The van der Waals surface area contributed by atoms with Gasteiger partial charge in [-0.3, -0.25) is 4.79 Å². The summed E-state index contributed by atoms with van der Waals surface area (Å²) in [6.45, 7) is 3.35. The minimum Gasteiger partial charge on any atom is -0.495 e. The normalized spacial score (nSPS) is 10.2. The Morgan fingerprint density at radius 2 is 2.31 bits per heavy atom. The zero-order chi connectivity index (χ0) is 12.0. The number of carbonyl (C=O) groups excluding carboxylic acids is 1. The van der Waals surface area contributed by atoms with Gasteiger partial charge in [-0.1, -0.05) is 6.92 Å². The van der Waals surface area contributed by atoms with Crippen LogP contribution in [0.1, 0.15) is 23.0 Å². The highest BCUT2D eigenvalue weighted by atomic mass is 35.5. The van der Waals surface area contributed by atoms with Crippen LogP contribution in [0.25, 0.3) is 0 Å². The second-order valence-corrected chi connectivity index (χ2v) is 4.59. The SMILES string of the molecule is CCCN(CCCl)C(=O)c1sccc1OC. The molecule has 16 heavy (non-hydrogen) atoms. The van der Waals surface area contributed by atoms with E-state index in [9.17, 15) is 4.79 Å². The summed E-state index contributed by atoms with van der Waals surface area (Å²) in [5.41, 5.74) is 0.